The molecule has 0 aliphatic heterocycles. The van der Waals surface area contributed by atoms with Crippen molar-refractivity contribution in [3.8, 4) is 0 Å². The summed E-state index contributed by atoms with van der Waals surface area (Å²) >= 11 is 0. The zero-order valence-electron chi connectivity index (χ0n) is 5.15. The molecule has 1 atom stereocenters. The van der Waals surface area contributed by atoms with Crippen molar-refractivity contribution in [2.45, 2.75) is 6.92 Å². The highest BCUT2D eigenvalue weighted by molar-refractivity contribution is 7.32. The van der Waals surface area contributed by atoms with Gasteiger partial charge >= 0.3 is 0 Å². The first-order chi connectivity index (χ1) is 3.31. The number of rotatable bonds is 3. The van der Waals surface area contributed by atoms with Crippen LogP contribution in [0.25, 0.3) is 0 Å². The van der Waals surface area contributed by atoms with Gasteiger partial charge in [-0.3, -0.25) is 9.76 Å². The van der Waals surface area contributed by atoms with Crippen LogP contribution in [0.15, 0.2) is 0 Å². The molecular weight excluding hydrogens is 107 g/mol. The van der Waals surface area contributed by atoms with Crippen LogP contribution < -0.4 is 5.09 Å². The van der Waals surface area contributed by atoms with Gasteiger partial charge < -0.3 is 0 Å². The topological polar surface area (TPSA) is 15.3 Å². The summed E-state index contributed by atoms with van der Waals surface area (Å²) in [6.45, 7) is 3.27. The van der Waals surface area contributed by atoms with Gasteiger partial charge in [0.15, 0.2) is 0 Å². The van der Waals surface area contributed by atoms with Crippen LogP contribution in [-0.4, -0.2) is 25.3 Å². The third kappa shape index (κ3) is 4.20. The summed E-state index contributed by atoms with van der Waals surface area (Å²) in [4.78, 5) is 0. The maximum Gasteiger partial charge on any atom is 0.0206 e. The van der Waals surface area contributed by atoms with Crippen molar-refractivity contribution in [1.29, 1.82) is 0 Å². The molecule has 0 bridgehead atoms. The highest BCUT2D eigenvalue weighted by atomic mass is 31.1. The molecule has 0 saturated carbocycles. The van der Waals surface area contributed by atoms with Crippen molar-refractivity contribution < 1.29 is 0 Å². The van der Waals surface area contributed by atoms with Crippen LogP contribution in [0.3, 0.4) is 0 Å². The lowest BCUT2D eigenvalue weighted by Crippen LogP contribution is -2.10. The van der Waals surface area contributed by atoms with E-state index in [0.717, 1.165) is 15.4 Å². The van der Waals surface area contributed by atoms with Gasteiger partial charge in [-0.25, -0.2) is 0 Å². The Labute approximate surface area is 47.2 Å². The van der Waals surface area contributed by atoms with Crippen LogP contribution in [0.4, 0.5) is 0 Å². The largest absolute Gasteiger partial charge is 0.289 e. The minimum atomic E-state index is 0.772. The minimum absolute atomic E-state index is 0.772. The molecule has 0 rings (SSSR count). The van der Waals surface area contributed by atoms with Gasteiger partial charge in [-0.2, -0.15) is 0 Å². The summed E-state index contributed by atoms with van der Waals surface area (Å²) in [6, 6.07) is 0. The second-order valence-electron chi connectivity index (χ2n) is 1.38. The molecule has 0 radical (unpaired) electrons. The molecule has 0 spiro atoms. The number of hydrogen-bond acceptors (Lipinski definition) is 2. The van der Waals surface area contributed by atoms with Crippen LogP contribution in [-0.2, 0) is 0 Å². The lowest BCUT2D eigenvalue weighted by Gasteiger charge is -2.10. The average molecular weight is 120 g/mol. The van der Waals surface area contributed by atoms with Crippen molar-refractivity contribution in [3.63, 3.8) is 0 Å². The van der Waals surface area contributed by atoms with Gasteiger partial charge in [-0.15, -0.1) is 0 Å². The highest BCUT2D eigenvalue weighted by Crippen LogP contribution is 2.05. The van der Waals surface area contributed by atoms with Crippen molar-refractivity contribution in [2.75, 3.05) is 20.6 Å². The summed E-state index contributed by atoms with van der Waals surface area (Å²) in [6.07, 6.45) is 0. The van der Waals surface area contributed by atoms with Gasteiger partial charge in [-0.1, -0.05) is 6.92 Å². The molecule has 0 saturated heterocycles. The van der Waals surface area contributed by atoms with Crippen LogP contribution >= 0.6 is 8.88 Å². The zero-order valence-corrected chi connectivity index (χ0v) is 6.15. The molecule has 7 heavy (non-hydrogen) atoms. The van der Waals surface area contributed by atoms with E-state index in [9.17, 15) is 0 Å². The molecule has 0 aromatic heterocycles. The Balaban J connectivity index is 2.83. The first-order valence-electron chi connectivity index (χ1n) is 2.44. The lowest BCUT2D eigenvalue weighted by atomic mass is 10.8. The number of hydrogen-bond donors (Lipinski definition) is 1. The van der Waals surface area contributed by atoms with Crippen LogP contribution in [0.2, 0.25) is 0 Å². The van der Waals surface area contributed by atoms with E-state index < -0.39 is 0 Å². The SMILES string of the molecule is CCN(C)PNC. The highest BCUT2D eigenvalue weighted by Gasteiger charge is 1.85. The molecule has 1 unspecified atom stereocenters. The Morgan fingerprint density at radius 1 is 1.71 bits per heavy atom. The minimum Gasteiger partial charge on any atom is -0.289 e. The molecule has 0 fully saturated rings. The van der Waals surface area contributed by atoms with Crippen molar-refractivity contribution in [3.05, 3.63) is 0 Å². The summed E-state index contributed by atoms with van der Waals surface area (Å²) in [5.41, 5.74) is 0. The molecule has 1 N–H and O–H groups in total. The molecule has 44 valence electrons. The van der Waals surface area contributed by atoms with Crippen LogP contribution in [0.5, 0.6) is 0 Å². The summed E-state index contributed by atoms with van der Waals surface area (Å²) in [7, 11) is 4.83. The molecule has 3 heteroatoms. The monoisotopic (exact) mass is 120 g/mol. The molecule has 0 heterocycles. The molecule has 0 aliphatic rings. The van der Waals surface area contributed by atoms with Gasteiger partial charge in [-0.05, 0) is 20.6 Å². The predicted octanol–water partition coefficient (Wildman–Crippen LogP) is 0.666. The summed E-state index contributed by atoms with van der Waals surface area (Å²) < 4.78 is 2.22. The molecule has 2 nitrogen and oxygen atoms in total. The predicted molar refractivity (Wildman–Crippen MR) is 35.7 cm³/mol. The fraction of sp³-hybridized carbons (Fsp3) is 1.00. The van der Waals surface area contributed by atoms with E-state index in [1.54, 1.807) is 0 Å². The Bertz CT molecular complexity index is 40.7. The van der Waals surface area contributed by atoms with Gasteiger partial charge in [0.05, 0.1) is 0 Å². The fourth-order valence-electron chi connectivity index (χ4n) is 0.270. The molecular formula is C4H13N2P. The maximum atomic E-state index is 3.07. The van der Waals surface area contributed by atoms with E-state index in [2.05, 4.69) is 23.7 Å². The first kappa shape index (κ1) is 7.35. The summed E-state index contributed by atoms with van der Waals surface area (Å²) in [5, 5.41) is 3.07. The molecule has 0 amide bonds. The van der Waals surface area contributed by atoms with E-state index in [4.69, 9.17) is 0 Å². The van der Waals surface area contributed by atoms with Crippen LogP contribution in [0.1, 0.15) is 6.92 Å². The van der Waals surface area contributed by atoms with E-state index >= 15 is 0 Å². The van der Waals surface area contributed by atoms with E-state index in [1.165, 1.54) is 0 Å². The fourth-order valence-corrected chi connectivity index (χ4v) is 0.810. The smallest absolute Gasteiger partial charge is 0.0206 e. The Hall–Kier alpha value is 0.350. The van der Waals surface area contributed by atoms with E-state index in [0.29, 0.717) is 0 Å². The van der Waals surface area contributed by atoms with E-state index in [-0.39, 0.29) is 0 Å². The summed E-state index contributed by atoms with van der Waals surface area (Å²) in [5.74, 6) is 0. The van der Waals surface area contributed by atoms with Crippen molar-refractivity contribution >= 4 is 8.88 Å². The second-order valence-corrected chi connectivity index (χ2v) is 2.86. The quantitative estimate of drug-likeness (QED) is 0.550. The Morgan fingerprint density at radius 2 is 2.29 bits per heavy atom. The van der Waals surface area contributed by atoms with Crippen molar-refractivity contribution in [2.24, 2.45) is 0 Å². The zero-order chi connectivity index (χ0) is 5.70. The second kappa shape index (κ2) is 4.51. The van der Waals surface area contributed by atoms with Gasteiger partial charge in [0, 0.05) is 8.88 Å². The van der Waals surface area contributed by atoms with Gasteiger partial charge in [0.25, 0.3) is 0 Å². The average Bonchev–Trinajstić information content (AvgIpc) is 1.68. The van der Waals surface area contributed by atoms with E-state index in [1.807, 2.05) is 7.05 Å². The van der Waals surface area contributed by atoms with Crippen LogP contribution in [0, 0.1) is 0 Å². The van der Waals surface area contributed by atoms with Gasteiger partial charge in [0.2, 0.25) is 0 Å². The number of nitrogens with one attached hydrogen (secondary N) is 1. The first-order valence-corrected chi connectivity index (χ1v) is 3.39. The molecule has 0 aliphatic carbocycles. The number of nitrogens with zero attached hydrogens (tertiary/aromatic N) is 1. The lowest BCUT2D eigenvalue weighted by molar-refractivity contribution is 0.587. The van der Waals surface area contributed by atoms with Gasteiger partial charge in [0.1, 0.15) is 0 Å². The normalized spacial score (nSPS) is 12.0. The third-order valence-corrected chi connectivity index (χ3v) is 1.70. The third-order valence-electron chi connectivity index (χ3n) is 0.777. The molecule has 0 aromatic rings. The maximum absolute atomic E-state index is 3.07. The Kier molecular flexibility index (Phi) is 4.73. The van der Waals surface area contributed by atoms with Crippen molar-refractivity contribution in [1.82, 2.24) is 9.76 Å². The molecule has 0 aromatic carbocycles. The Morgan fingerprint density at radius 3 is 2.43 bits per heavy atom. The standard InChI is InChI=1S/C4H13N2P/c1-4-6(3)7-5-2/h5,7H,4H2,1-3H3.